The third kappa shape index (κ3) is 4.24. The minimum Gasteiger partial charge on any atom is -0.465 e. The number of carbonyl (C=O) groups is 2. The average Bonchev–Trinajstić information content (AvgIpc) is 2.68. The molecule has 0 aliphatic rings. The van der Waals surface area contributed by atoms with Gasteiger partial charge in [-0.05, 0) is 42.5 Å². The third-order valence-electron chi connectivity index (χ3n) is 3.50. The number of methoxy groups -OCH3 is 1. The van der Waals surface area contributed by atoms with Gasteiger partial charge in [-0.25, -0.2) is 9.78 Å². The van der Waals surface area contributed by atoms with E-state index in [4.69, 9.17) is 4.74 Å². The highest BCUT2D eigenvalue weighted by Crippen LogP contribution is 2.21. The highest BCUT2D eigenvalue weighted by Gasteiger charge is 2.10. The molecule has 0 aliphatic heterocycles. The van der Waals surface area contributed by atoms with Crippen LogP contribution < -0.4 is 10.1 Å². The molecule has 0 unspecified atom stereocenters. The molecule has 0 spiro atoms. The maximum atomic E-state index is 12.5. The van der Waals surface area contributed by atoms with Crippen molar-refractivity contribution in [2.75, 3.05) is 12.4 Å². The van der Waals surface area contributed by atoms with Crippen LogP contribution >= 0.6 is 0 Å². The van der Waals surface area contributed by atoms with Crippen molar-refractivity contribution >= 4 is 17.6 Å². The largest absolute Gasteiger partial charge is 0.465 e. The van der Waals surface area contributed by atoms with Gasteiger partial charge >= 0.3 is 5.97 Å². The van der Waals surface area contributed by atoms with Crippen molar-refractivity contribution in [1.82, 2.24) is 4.98 Å². The summed E-state index contributed by atoms with van der Waals surface area (Å²) >= 11 is 0. The van der Waals surface area contributed by atoms with Crippen LogP contribution in [0.2, 0.25) is 0 Å². The highest BCUT2D eigenvalue weighted by atomic mass is 16.5. The fourth-order valence-corrected chi connectivity index (χ4v) is 2.27. The maximum Gasteiger partial charge on any atom is 0.337 e. The van der Waals surface area contributed by atoms with E-state index in [1.807, 2.05) is 6.07 Å². The van der Waals surface area contributed by atoms with Crippen molar-refractivity contribution in [1.29, 1.82) is 0 Å². The Bertz CT molecular complexity index is 926. The van der Waals surface area contributed by atoms with Crippen LogP contribution in [0.1, 0.15) is 20.7 Å². The molecule has 2 aromatic carbocycles. The summed E-state index contributed by atoms with van der Waals surface area (Å²) in [6, 6.07) is 18.6. The summed E-state index contributed by atoms with van der Waals surface area (Å²) in [4.78, 5) is 28.1. The number of amides is 1. The molecule has 3 rings (SSSR count). The number of ether oxygens (including phenoxy) is 2. The van der Waals surface area contributed by atoms with E-state index in [-0.39, 0.29) is 5.91 Å². The Labute approximate surface area is 150 Å². The number of carbonyl (C=O) groups excluding carboxylic acids is 2. The Morgan fingerprint density at radius 2 is 1.73 bits per heavy atom. The number of rotatable bonds is 5. The molecular weight excluding hydrogens is 332 g/mol. The van der Waals surface area contributed by atoms with Crippen LogP contribution in [0.25, 0.3) is 0 Å². The number of hydrogen-bond donors (Lipinski definition) is 1. The molecule has 3 aromatic rings. The molecule has 0 radical (unpaired) electrons. The van der Waals surface area contributed by atoms with E-state index in [2.05, 4.69) is 15.0 Å². The first-order chi connectivity index (χ1) is 12.7. The van der Waals surface area contributed by atoms with Crippen LogP contribution in [0.4, 0.5) is 5.69 Å². The van der Waals surface area contributed by atoms with Crippen LogP contribution in [0.3, 0.4) is 0 Å². The van der Waals surface area contributed by atoms with E-state index in [0.717, 1.165) is 0 Å². The number of hydrogen-bond acceptors (Lipinski definition) is 5. The molecule has 0 saturated carbocycles. The van der Waals surface area contributed by atoms with Crippen molar-refractivity contribution in [3.05, 3.63) is 84.1 Å². The highest BCUT2D eigenvalue weighted by molar-refractivity contribution is 6.05. The first kappa shape index (κ1) is 17.2. The van der Waals surface area contributed by atoms with Crippen LogP contribution in [-0.4, -0.2) is 24.0 Å². The average molecular weight is 348 g/mol. The standard InChI is InChI=1S/C20H16N2O4/c1-25-20(24)15-7-4-8-16(12-15)22-19(23)14-6-5-9-17(13-14)26-18-10-2-3-11-21-18/h2-13H,1H3,(H,22,23). The normalized spacial score (nSPS) is 10.0. The molecule has 1 heterocycles. The van der Waals surface area contributed by atoms with E-state index < -0.39 is 5.97 Å². The van der Waals surface area contributed by atoms with Gasteiger partial charge in [0, 0.05) is 23.5 Å². The van der Waals surface area contributed by atoms with Crippen molar-refractivity contribution in [3.8, 4) is 11.6 Å². The van der Waals surface area contributed by atoms with Gasteiger partial charge in [-0.15, -0.1) is 0 Å². The lowest BCUT2D eigenvalue weighted by molar-refractivity contribution is 0.0600. The van der Waals surface area contributed by atoms with E-state index in [0.29, 0.717) is 28.4 Å². The second-order valence-electron chi connectivity index (χ2n) is 5.32. The summed E-state index contributed by atoms with van der Waals surface area (Å²) < 4.78 is 10.3. The summed E-state index contributed by atoms with van der Waals surface area (Å²) in [5.41, 5.74) is 1.27. The second-order valence-corrected chi connectivity index (χ2v) is 5.32. The zero-order chi connectivity index (χ0) is 18.4. The molecule has 0 bridgehead atoms. The number of pyridine rings is 1. The van der Waals surface area contributed by atoms with Gasteiger partial charge in [0.1, 0.15) is 5.75 Å². The van der Waals surface area contributed by atoms with E-state index in [1.54, 1.807) is 66.9 Å². The minimum absolute atomic E-state index is 0.321. The van der Waals surface area contributed by atoms with Gasteiger partial charge in [-0.3, -0.25) is 4.79 Å². The van der Waals surface area contributed by atoms with Crippen LogP contribution in [0.5, 0.6) is 11.6 Å². The van der Waals surface area contributed by atoms with Crippen LogP contribution in [-0.2, 0) is 4.74 Å². The van der Waals surface area contributed by atoms with Crippen molar-refractivity contribution in [3.63, 3.8) is 0 Å². The second kappa shape index (κ2) is 7.94. The molecule has 0 atom stereocenters. The zero-order valence-electron chi connectivity index (χ0n) is 14.0. The Hall–Kier alpha value is -3.67. The van der Waals surface area contributed by atoms with Gasteiger partial charge in [0.15, 0.2) is 0 Å². The molecule has 6 nitrogen and oxygen atoms in total. The Kier molecular flexibility index (Phi) is 5.24. The molecule has 130 valence electrons. The molecule has 0 fully saturated rings. The van der Waals surface area contributed by atoms with Gasteiger partial charge in [0.05, 0.1) is 12.7 Å². The van der Waals surface area contributed by atoms with Crippen molar-refractivity contribution in [2.24, 2.45) is 0 Å². The summed E-state index contributed by atoms with van der Waals surface area (Å²) in [6.07, 6.45) is 1.63. The molecule has 0 aliphatic carbocycles. The Morgan fingerprint density at radius 1 is 0.923 bits per heavy atom. The molecule has 0 saturated heterocycles. The summed E-state index contributed by atoms with van der Waals surface area (Å²) in [5, 5.41) is 2.75. The lowest BCUT2D eigenvalue weighted by Crippen LogP contribution is -2.12. The zero-order valence-corrected chi connectivity index (χ0v) is 14.0. The summed E-state index contributed by atoms with van der Waals surface area (Å²) in [7, 11) is 1.31. The molecule has 1 aromatic heterocycles. The number of benzene rings is 2. The molecule has 1 amide bonds. The maximum absolute atomic E-state index is 12.5. The van der Waals surface area contributed by atoms with E-state index in [9.17, 15) is 9.59 Å². The smallest absolute Gasteiger partial charge is 0.337 e. The van der Waals surface area contributed by atoms with Crippen molar-refractivity contribution in [2.45, 2.75) is 0 Å². The molecule has 6 heteroatoms. The lowest BCUT2D eigenvalue weighted by Gasteiger charge is -2.09. The fourth-order valence-electron chi connectivity index (χ4n) is 2.27. The fraction of sp³-hybridized carbons (Fsp3) is 0.0500. The molecular formula is C20H16N2O4. The number of aromatic nitrogens is 1. The summed E-state index contributed by atoms with van der Waals surface area (Å²) in [5.74, 6) is 0.154. The van der Waals surface area contributed by atoms with Gasteiger partial charge in [-0.2, -0.15) is 0 Å². The molecule has 26 heavy (non-hydrogen) atoms. The van der Waals surface area contributed by atoms with Crippen LogP contribution in [0.15, 0.2) is 72.9 Å². The Balaban J connectivity index is 1.74. The van der Waals surface area contributed by atoms with E-state index >= 15 is 0 Å². The topological polar surface area (TPSA) is 77.5 Å². The van der Waals surface area contributed by atoms with Gasteiger partial charge in [0.2, 0.25) is 5.88 Å². The molecule has 1 N–H and O–H groups in total. The summed E-state index contributed by atoms with van der Waals surface area (Å²) in [6.45, 7) is 0. The first-order valence-electron chi connectivity index (χ1n) is 7.84. The third-order valence-corrected chi connectivity index (χ3v) is 3.50. The Morgan fingerprint density at radius 3 is 2.50 bits per heavy atom. The number of esters is 1. The predicted octanol–water partition coefficient (Wildman–Crippen LogP) is 3.91. The van der Waals surface area contributed by atoms with Gasteiger partial charge in [0.25, 0.3) is 5.91 Å². The number of nitrogens with zero attached hydrogens (tertiary/aromatic N) is 1. The lowest BCUT2D eigenvalue weighted by atomic mass is 10.1. The predicted molar refractivity (Wildman–Crippen MR) is 96.5 cm³/mol. The first-order valence-corrected chi connectivity index (χ1v) is 7.84. The van der Waals surface area contributed by atoms with Gasteiger partial charge in [-0.1, -0.05) is 18.2 Å². The van der Waals surface area contributed by atoms with E-state index in [1.165, 1.54) is 7.11 Å². The minimum atomic E-state index is -0.466. The quantitative estimate of drug-likeness (QED) is 0.707. The number of nitrogens with one attached hydrogen (secondary N) is 1. The monoisotopic (exact) mass is 348 g/mol. The number of anilines is 1. The van der Waals surface area contributed by atoms with Crippen molar-refractivity contribution < 1.29 is 19.1 Å². The SMILES string of the molecule is COC(=O)c1cccc(NC(=O)c2cccc(Oc3ccccn3)c2)c1. The van der Waals surface area contributed by atoms with Crippen LogP contribution in [0, 0.1) is 0 Å². The van der Waals surface area contributed by atoms with Gasteiger partial charge < -0.3 is 14.8 Å².